The number of rotatable bonds is 5. The van der Waals surface area contributed by atoms with Crippen LogP contribution in [-0.4, -0.2) is 28.9 Å². The Balaban J connectivity index is 1.70. The molecule has 126 valence electrons. The lowest BCUT2D eigenvalue weighted by atomic mass is 10.0. The first-order valence-corrected chi connectivity index (χ1v) is 8.75. The summed E-state index contributed by atoms with van der Waals surface area (Å²) in [5.41, 5.74) is 8.40. The molecule has 2 aromatic heterocycles. The van der Waals surface area contributed by atoms with Crippen molar-refractivity contribution in [1.29, 1.82) is 0 Å². The Hall–Kier alpha value is -2.27. The molecule has 3 N–H and O–H groups in total. The van der Waals surface area contributed by atoms with Crippen LogP contribution >= 0.6 is 0 Å². The van der Waals surface area contributed by atoms with Crippen molar-refractivity contribution in [2.75, 3.05) is 13.1 Å². The third-order valence-electron chi connectivity index (χ3n) is 5.02. The van der Waals surface area contributed by atoms with Crippen LogP contribution in [0.25, 0.3) is 22.0 Å². The summed E-state index contributed by atoms with van der Waals surface area (Å²) in [5, 5.41) is 1.10. The number of primary amides is 1. The minimum atomic E-state index is -0.250. The lowest BCUT2D eigenvalue weighted by molar-refractivity contribution is -0.118. The van der Waals surface area contributed by atoms with Gasteiger partial charge < -0.3 is 15.1 Å². The van der Waals surface area contributed by atoms with E-state index < -0.39 is 0 Å². The number of nitrogens with two attached hydrogens (primary N) is 1. The highest BCUT2D eigenvalue weighted by Gasteiger charge is 2.26. The van der Waals surface area contributed by atoms with Gasteiger partial charge in [-0.2, -0.15) is 0 Å². The molecule has 1 fully saturated rings. The summed E-state index contributed by atoms with van der Waals surface area (Å²) >= 11 is 0. The van der Waals surface area contributed by atoms with Crippen LogP contribution in [0.15, 0.2) is 34.7 Å². The zero-order valence-electron chi connectivity index (χ0n) is 13.8. The van der Waals surface area contributed by atoms with Crippen molar-refractivity contribution in [3.8, 4) is 0 Å². The second kappa shape index (κ2) is 6.32. The number of hydrogen-bond donors (Lipinski definition) is 2. The Labute approximate surface area is 140 Å². The number of amides is 1. The second-order valence-corrected chi connectivity index (χ2v) is 6.68. The lowest BCUT2D eigenvalue weighted by Gasteiger charge is -2.33. The highest BCUT2D eigenvalue weighted by Crippen LogP contribution is 2.35. The average molecular weight is 325 g/mol. The van der Waals surface area contributed by atoms with Crippen LogP contribution in [0.1, 0.15) is 43.9 Å². The number of piperidine rings is 1. The number of aromatic amines is 1. The van der Waals surface area contributed by atoms with E-state index in [0.29, 0.717) is 12.8 Å². The first kappa shape index (κ1) is 15.3. The molecule has 1 unspecified atom stereocenters. The number of benzene rings is 1. The highest BCUT2D eigenvalue weighted by atomic mass is 16.3. The zero-order chi connectivity index (χ0) is 16.5. The van der Waals surface area contributed by atoms with Gasteiger partial charge in [-0.25, -0.2) is 0 Å². The maximum Gasteiger partial charge on any atom is 0.217 e. The molecule has 1 amide bonds. The molecule has 4 rings (SSSR count). The fraction of sp³-hybridized carbons (Fsp3) is 0.421. The number of hydrogen-bond acceptors (Lipinski definition) is 3. The van der Waals surface area contributed by atoms with Crippen molar-refractivity contribution < 1.29 is 9.21 Å². The first-order valence-electron chi connectivity index (χ1n) is 8.75. The molecule has 1 aliphatic heterocycles. The van der Waals surface area contributed by atoms with E-state index in [1.165, 1.54) is 19.3 Å². The Morgan fingerprint density at radius 2 is 2.00 bits per heavy atom. The third-order valence-corrected chi connectivity index (χ3v) is 5.02. The van der Waals surface area contributed by atoms with E-state index in [1.807, 2.05) is 12.1 Å². The van der Waals surface area contributed by atoms with E-state index >= 15 is 0 Å². The minimum absolute atomic E-state index is 0.123. The molecule has 1 atom stereocenters. The van der Waals surface area contributed by atoms with Gasteiger partial charge in [-0.1, -0.05) is 18.6 Å². The smallest absolute Gasteiger partial charge is 0.217 e. The topological polar surface area (TPSA) is 75.3 Å². The second-order valence-electron chi connectivity index (χ2n) is 6.68. The fourth-order valence-electron chi connectivity index (χ4n) is 3.82. The number of H-pyrrole nitrogens is 1. The zero-order valence-corrected chi connectivity index (χ0v) is 13.8. The van der Waals surface area contributed by atoms with Crippen LogP contribution in [0.5, 0.6) is 0 Å². The SMILES string of the molecule is NC(=O)CCC(c1cc2[nH]c3ccccc3c2o1)N1CCCCC1. The van der Waals surface area contributed by atoms with Gasteiger partial charge in [-0.15, -0.1) is 0 Å². The van der Waals surface area contributed by atoms with Gasteiger partial charge in [0.1, 0.15) is 5.76 Å². The normalized spacial score (nSPS) is 17.5. The molecule has 0 spiro atoms. The Morgan fingerprint density at radius 3 is 2.79 bits per heavy atom. The molecule has 24 heavy (non-hydrogen) atoms. The number of fused-ring (bicyclic) bond motifs is 3. The summed E-state index contributed by atoms with van der Waals surface area (Å²) in [7, 11) is 0. The summed E-state index contributed by atoms with van der Waals surface area (Å²) < 4.78 is 6.24. The quantitative estimate of drug-likeness (QED) is 0.751. The summed E-state index contributed by atoms with van der Waals surface area (Å²) in [6, 6.07) is 10.4. The number of aromatic nitrogens is 1. The molecule has 1 aromatic carbocycles. The van der Waals surface area contributed by atoms with Crippen LogP contribution in [0, 0.1) is 0 Å². The standard InChI is InChI=1S/C19H23N3O2/c20-18(23)9-8-16(22-10-4-1-5-11-22)17-12-15-19(24-17)13-6-2-3-7-14(13)21-15/h2-3,6-7,12,16,21H,1,4-5,8-11H2,(H2,20,23). The number of likely N-dealkylation sites (tertiary alicyclic amines) is 1. The summed E-state index contributed by atoms with van der Waals surface area (Å²) in [4.78, 5) is 17.1. The van der Waals surface area contributed by atoms with E-state index in [9.17, 15) is 4.79 Å². The number of nitrogens with one attached hydrogen (secondary N) is 1. The van der Waals surface area contributed by atoms with Gasteiger partial charge in [0.25, 0.3) is 0 Å². The van der Waals surface area contributed by atoms with Crippen LogP contribution in [0.2, 0.25) is 0 Å². The lowest BCUT2D eigenvalue weighted by Crippen LogP contribution is -2.34. The predicted octanol–water partition coefficient (Wildman–Crippen LogP) is 3.71. The van der Waals surface area contributed by atoms with E-state index in [1.54, 1.807) is 0 Å². The predicted molar refractivity (Wildman–Crippen MR) is 94.7 cm³/mol. The van der Waals surface area contributed by atoms with Crippen LogP contribution in [-0.2, 0) is 4.79 Å². The van der Waals surface area contributed by atoms with Gasteiger partial charge in [-0.3, -0.25) is 9.69 Å². The summed E-state index contributed by atoms with van der Waals surface area (Å²) in [5.74, 6) is 0.685. The van der Waals surface area contributed by atoms with E-state index in [2.05, 4.69) is 28.1 Å². The largest absolute Gasteiger partial charge is 0.457 e. The summed E-state index contributed by atoms with van der Waals surface area (Å²) in [6.07, 6.45) is 4.78. The minimum Gasteiger partial charge on any atom is -0.457 e. The number of nitrogens with zero attached hydrogens (tertiary/aromatic N) is 1. The van der Waals surface area contributed by atoms with Crippen molar-refractivity contribution in [3.63, 3.8) is 0 Å². The molecule has 5 nitrogen and oxygen atoms in total. The van der Waals surface area contributed by atoms with Crippen molar-refractivity contribution in [1.82, 2.24) is 9.88 Å². The van der Waals surface area contributed by atoms with Gasteiger partial charge in [0.15, 0.2) is 5.58 Å². The molecule has 3 heterocycles. The molecular weight excluding hydrogens is 302 g/mol. The van der Waals surface area contributed by atoms with Crippen molar-refractivity contribution in [2.45, 2.75) is 38.1 Å². The number of carbonyl (C=O) groups is 1. The number of carbonyl (C=O) groups excluding carboxylic acids is 1. The highest BCUT2D eigenvalue weighted by molar-refractivity contribution is 6.04. The molecule has 1 aliphatic rings. The summed E-state index contributed by atoms with van der Waals surface area (Å²) in [6.45, 7) is 2.11. The van der Waals surface area contributed by atoms with Gasteiger partial charge in [0, 0.05) is 23.4 Å². The Kier molecular flexibility index (Phi) is 4.02. The van der Waals surface area contributed by atoms with Gasteiger partial charge in [0.05, 0.1) is 11.6 Å². The van der Waals surface area contributed by atoms with E-state index in [-0.39, 0.29) is 11.9 Å². The Morgan fingerprint density at radius 1 is 1.21 bits per heavy atom. The maximum absolute atomic E-state index is 11.3. The van der Waals surface area contributed by atoms with Gasteiger partial charge >= 0.3 is 0 Å². The van der Waals surface area contributed by atoms with Crippen molar-refractivity contribution in [2.24, 2.45) is 5.73 Å². The fourth-order valence-corrected chi connectivity index (χ4v) is 3.82. The molecule has 0 radical (unpaired) electrons. The van der Waals surface area contributed by atoms with Crippen LogP contribution in [0.3, 0.4) is 0 Å². The van der Waals surface area contributed by atoms with Crippen LogP contribution in [0.4, 0.5) is 0 Å². The van der Waals surface area contributed by atoms with Gasteiger partial charge in [-0.05, 0) is 44.5 Å². The van der Waals surface area contributed by atoms with Gasteiger partial charge in [0.2, 0.25) is 5.91 Å². The third kappa shape index (κ3) is 2.80. The van der Waals surface area contributed by atoms with Crippen LogP contribution < -0.4 is 5.73 Å². The molecule has 1 saturated heterocycles. The van der Waals surface area contributed by atoms with Crippen molar-refractivity contribution >= 4 is 27.9 Å². The molecule has 3 aromatic rings. The van der Waals surface area contributed by atoms with E-state index in [4.69, 9.17) is 10.2 Å². The molecule has 0 aliphatic carbocycles. The molecular formula is C19H23N3O2. The molecule has 0 saturated carbocycles. The van der Waals surface area contributed by atoms with E-state index in [0.717, 1.165) is 40.9 Å². The first-order chi connectivity index (χ1) is 11.7. The average Bonchev–Trinajstić information content (AvgIpc) is 3.13. The molecule has 0 bridgehead atoms. The monoisotopic (exact) mass is 325 g/mol. The van der Waals surface area contributed by atoms with Crippen molar-refractivity contribution in [3.05, 3.63) is 36.1 Å². The number of para-hydroxylation sites is 1. The maximum atomic E-state index is 11.3. The Bertz CT molecular complexity index is 858. The molecule has 5 heteroatoms. The number of furan rings is 1.